The number of ether oxygens (including phenoxy) is 1. The minimum Gasteiger partial charge on any atom is -0.483 e. The lowest BCUT2D eigenvalue weighted by molar-refractivity contribution is -0.385. The van der Waals surface area contributed by atoms with E-state index in [0.717, 1.165) is 18.2 Å². The van der Waals surface area contributed by atoms with Gasteiger partial charge in [0.05, 0.1) is 21.1 Å². The van der Waals surface area contributed by atoms with Gasteiger partial charge in [-0.2, -0.15) is 0 Å². The molecule has 0 saturated heterocycles. The summed E-state index contributed by atoms with van der Waals surface area (Å²) in [6.45, 7) is 0.912. The van der Waals surface area contributed by atoms with E-state index in [1.165, 1.54) is 25.1 Å². The van der Waals surface area contributed by atoms with Gasteiger partial charge in [0.25, 0.3) is 17.3 Å². The molecule has 0 spiro atoms. The molecular weight excluding hydrogens is 337 g/mol. The average molecular weight is 349 g/mol. The Morgan fingerprint density at radius 3 is 2.56 bits per heavy atom. The van der Waals surface area contributed by atoms with E-state index < -0.39 is 28.2 Å². The predicted molar refractivity (Wildman–Crippen MR) is 85.0 cm³/mol. The Morgan fingerprint density at radius 1 is 1.20 bits per heavy atom. The maximum absolute atomic E-state index is 13.6. The van der Waals surface area contributed by atoms with E-state index in [0.29, 0.717) is 0 Å². The third-order valence-electron chi connectivity index (χ3n) is 3.25. The molecule has 130 valence electrons. The third-order valence-corrected chi connectivity index (χ3v) is 3.25. The highest BCUT2D eigenvalue weighted by molar-refractivity contribution is 5.92. The summed E-state index contributed by atoms with van der Waals surface area (Å²) in [6, 6.07) is 6.85. The maximum atomic E-state index is 13.6. The van der Waals surface area contributed by atoms with Crippen molar-refractivity contribution in [1.29, 1.82) is 0 Å². The number of hydrogen-bond donors (Lipinski definition) is 1. The number of carbonyl (C=O) groups excluding carboxylic acids is 1. The molecule has 2 rings (SSSR count). The molecule has 0 radical (unpaired) electrons. The highest BCUT2D eigenvalue weighted by atomic mass is 19.1. The summed E-state index contributed by atoms with van der Waals surface area (Å²) in [5.74, 6) is -1.49. The quantitative estimate of drug-likeness (QED) is 0.631. The van der Waals surface area contributed by atoms with Gasteiger partial charge in [-0.15, -0.1) is 0 Å². The van der Waals surface area contributed by atoms with Gasteiger partial charge in [-0.05, 0) is 19.1 Å². The molecule has 0 aliphatic carbocycles. The SMILES string of the molecule is Cc1c(OCC(=O)Nc2cc([N+](=O)[O-])ccc2F)cccc1[N+](=O)[O-]. The first-order valence-electron chi connectivity index (χ1n) is 6.90. The lowest BCUT2D eigenvalue weighted by Crippen LogP contribution is -2.21. The lowest BCUT2D eigenvalue weighted by Gasteiger charge is -2.10. The molecule has 0 unspecified atom stereocenters. The number of nitrogens with zero attached hydrogens (tertiary/aromatic N) is 2. The van der Waals surface area contributed by atoms with Crippen LogP contribution in [0.25, 0.3) is 0 Å². The summed E-state index contributed by atoms with van der Waals surface area (Å²) in [4.78, 5) is 32.1. The van der Waals surface area contributed by atoms with Gasteiger partial charge < -0.3 is 10.1 Å². The van der Waals surface area contributed by atoms with E-state index in [4.69, 9.17) is 4.74 Å². The van der Waals surface area contributed by atoms with Gasteiger partial charge in [0.15, 0.2) is 6.61 Å². The number of carbonyl (C=O) groups is 1. The number of rotatable bonds is 6. The van der Waals surface area contributed by atoms with Crippen molar-refractivity contribution in [3.05, 3.63) is 68.0 Å². The normalized spacial score (nSPS) is 10.2. The number of benzene rings is 2. The summed E-state index contributed by atoms with van der Waals surface area (Å²) in [7, 11) is 0. The van der Waals surface area contributed by atoms with Gasteiger partial charge in [0, 0.05) is 18.2 Å². The number of anilines is 1. The molecular formula is C15H12FN3O6. The summed E-state index contributed by atoms with van der Waals surface area (Å²) in [5, 5.41) is 23.7. The number of hydrogen-bond acceptors (Lipinski definition) is 6. The Kier molecular flexibility index (Phi) is 5.22. The Hall–Kier alpha value is -3.56. The monoisotopic (exact) mass is 349 g/mol. The van der Waals surface area contributed by atoms with Crippen molar-refractivity contribution in [3.8, 4) is 5.75 Å². The van der Waals surface area contributed by atoms with Gasteiger partial charge in [0.1, 0.15) is 11.6 Å². The summed E-state index contributed by atoms with van der Waals surface area (Å²) in [6.07, 6.45) is 0. The van der Waals surface area contributed by atoms with Crippen LogP contribution in [0.2, 0.25) is 0 Å². The molecule has 1 N–H and O–H groups in total. The highest BCUT2D eigenvalue weighted by Crippen LogP contribution is 2.27. The Bertz CT molecular complexity index is 855. The van der Waals surface area contributed by atoms with Gasteiger partial charge in [-0.3, -0.25) is 25.0 Å². The second kappa shape index (κ2) is 7.34. The number of nitrogens with one attached hydrogen (secondary N) is 1. The van der Waals surface area contributed by atoms with Crippen LogP contribution in [-0.4, -0.2) is 22.4 Å². The van der Waals surface area contributed by atoms with Crippen molar-refractivity contribution in [2.24, 2.45) is 0 Å². The van der Waals surface area contributed by atoms with Gasteiger partial charge in [0.2, 0.25) is 0 Å². The first kappa shape index (κ1) is 17.8. The number of nitro benzene ring substituents is 2. The third kappa shape index (κ3) is 4.25. The largest absolute Gasteiger partial charge is 0.483 e. The highest BCUT2D eigenvalue weighted by Gasteiger charge is 2.16. The Balaban J connectivity index is 2.07. The zero-order valence-corrected chi connectivity index (χ0v) is 12.9. The molecule has 10 heteroatoms. The molecule has 0 aliphatic rings. The van der Waals surface area contributed by atoms with E-state index in [1.54, 1.807) is 0 Å². The molecule has 0 saturated carbocycles. The van der Waals surface area contributed by atoms with Crippen LogP contribution in [0.5, 0.6) is 5.75 Å². The van der Waals surface area contributed by atoms with Crippen LogP contribution in [0.15, 0.2) is 36.4 Å². The van der Waals surface area contributed by atoms with Crippen LogP contribution in [0.3, 0.4) is 0 Å². The fourth-order valence-corrected chi connectivity index (χ4v) is 2.01. The van der Waals surface area contributed by atoms with Crippen molar-refractivity contribution in [1.82, 2.24) is 0 Å². The van der Waals surface area contributed by atoms with E-state index >= 15 is 0 Å². The van der Waals surface area contributed by atoms with Crippen LogP contribution in [0.1, 0.15) is 5.56 Å². The van der Waals surface area contributed by atoms with Crippen LogP contribution in [-0.2, 0) is 4.79 Å². The topological polar surface area (TPSA) is 125 Å². The molecule has 0 fully saturated rings. The van der Waals surface area contributed by atoms with Crippen molar-refractivity contribution >= 4 is 23.0 Å². The smallest absolute Gasteiger partial charge is 0.276 e. The number of halogens is 1. The van der Waals surface area contributed by atoms with E-state index in [1.807, 2.05) is 0 Å². The van der Waals surface area contributed by atoms with E-state index in [-0.39, 0.29) is 28.4 Å². The van der Waals surface area contributed by atoms with Crippen molar-refractivity contribution < 1.29 is 23.8 Å². The second-order valence-electron chi connectivity index (χ2n) is 4.92. The molecule has 1 amide bonds. The molecule has 0 heterocycles. The number of non-ortho nitro benzene ring substituents is 1. The maximum Gasteiger partial charge on any atom is 0.276 e. The van der Waals surface area contributed by atoms with Gasteiger partial charge in [-0.1, -0.05) is 6.07 Å². The Labute approximate surface area is 140 Å². The minimum atomic E-state index is -0.842. The summed E-state index contributed by atoms with van der Waals surface area (Å²) >= 11 is 0. The molecule has 0 aromatic heterocycles. The van der Waals surface area contributed by atoms with Crippen LogP contribution >= 0.6 is 0 Å². The molecule has 0 bridgehead atoms. The van der Waals surface area contributed by atoms with Crippen molar-refractivity contribution in [3.63, 3.8) is 0 Å². The zero-order valence-electron chi connectivity index (χ0n) is 12.9. The average Bonchev–Trinajstić information content (AvgIpc) is 2.55. The van der Waals surface area contributed by atoms with Crippen LogP contribution < -0.4 is 10.1 Å². The summed E-state index contributed by atoms with van der Waals surface area (Å²) < 4.78 is 18.8. The fraction of sp³-hybridized carbons (Fsp3) is 0.133. The lowest BCUT2D eigenvalue weighted by atomic mass is 10.2. The van der Waals surface area contributed by atoms with Crippen LogP contribution in [0.4, 0.5) is 21.5 Å². The van der Waals surface area contributed by atoms with E-state index in [9.17, 15) is 29.4 Å². The minimum absolute atomic E-state index is 0.129. The van der Waals surface area contributed by atoms with Crippen LogP contribution in [0, 0.1) is 33.0 Å². The molecule has 0 aliphatic heterocycles. The fourth-order valence-electron chi connectivity index (χ4n) is 2.01. The van der Waals surface area contributed by atoms with Gasteiger partial charge >= 0.3 is 0 Å². The first-order chi connectivity index (χ1) is 11.8. The van der Waals surface area contributed by atoms with Crippen molar-refractivity contribution in [2.45, 2.75) is 6.92 Å². The molecule has 0 atom stereocenters. The second-order valence-corrected chi connectivity index (χ2v) is 4.92. The molecule has 2 aromatic carbocycles. The number of amides is 1. The first-order valence-corrected chi connectivity index (χ1v) is 6.90. The zero-order chi connectivity index (χ0) is 18.6. The van der Waals surface area contributed by atoms with Crippen molar-refractivity contribution in [2.75, 3.05) is 11.9 Å². The molecule has 9 nitrogen and oxygen atoms in total. The van der Waals surface area contributed by atoms with Gasteiger partial charge in [-0.25, -0.2) is 4.39 Å². The summed E-state index contributed by atoms with van der Waals surface area (Å²) in [5.41, 5.74) is -0.671. The molecule has 2 aromatic rings. The predicted octanol–water partition coefficient (Wildman–Crippen LogP) is 2.97. The Morgan fingerprint density at radius 2 is 1.92 bits per heavy atom. The number of nitro groups is 2. The standard InChI is InChI=1S/C15H12FN3O6/c1-9-13(19(23)24)3-2-4-14(9)25-8-15(20)17-12-7-10(18(21)22)5-6-11(12)16/h2-7H,8H2,1H3,(H,17,20). The van der Waals surface area contributed by atoms with E-state index in [2.05, 4.69) is 5.32 Å². The molecule has 25 heavy (non-hydrogen) atoms.